The highest BCUT2D eigenvalue weighted by atomic mass is 32.2. The number of carbonyl (C=O) groups excluding carboxylic acids is 1. The standard InChI is InChI=1S/C11H14O3S/c1-2-3-4-11(14)15-10-6-5-8(12)7-9(10)13/h5-7,12-13H,2-4H2,1H3. The summed E-state index contributed by atoms with van der Waals surface area (Å²) in [5.41, 5.74) is 0. The van der Waals surface area contributed by atoms with E-state index in [9.17, 15) is 9.90 Å². The second kappa shape index (κ2) is 5.66. The average Bonchev–Trinajstić information content (AvgIpc) is 2.19. The molecular weight excluding hydrogens is 212 g/mol. The molecule has 0 saturated heterocycles. The molecule has 82 valence electrons. The molecule has 0 radical (unpaired) electrons. The van der Waals surface area contributed by atoms with Gasteiger partial charge in [-0.2, -0.15) is 0 Å². The fraction of sp³-hybridized carbons (Fsp3) is 0.364. The first-order chi connectivity index (χ1) is 7.13. The first-order valence-electron chi connectivity index (χ1n) is 4.86. The summed E-state index contributed by atoms with van der Waals surface area (Å²) in [7, 11) is 0. The molecule has 0 heterocycles. The number of phenols is 2. The van der Waals surface area contributed by atoms with E-state index < -0.39 is 0 Å². The molecule has 0 atom stereocenters. The van der Waals surface area contributed by atoms with Gasteiger partial charge in [0.15, 0.2) is 5.12 Å². The van der Waals surface area contributed by atoms with Crippen molar-refractivity contribution >= 4 is 16.9 Å². The van der Waals surface area contributed by atoms with Crippen molar-refractivity contribution in [2.45, 2.75) is 31.1 Å². The second-order valence-corrected chi connectivity index (χ2v) is 4.33. The molecule has 1 aromatic rings. The monoisotopic (exact) mass is 226 g/mol. The maximum absolute atomic E-state index is 11.4. The molecule has 0 aromatic heterocycles. The minimum atomic E-state index is -0.0511. The van der Waals surface area contributed by atoms with Crippen LogP contribution in [-0.4, -0.2) is 15.3 Å². The van der Waals surface area contributed by atoms with Crippen molar-refractivity contribution in [1.29, 1.82) is 0 Å². The van der Waals surface area contributed by atoms with Crippen LogP contribution in [0.2, 0.25) is 0 Å². The second-order valence-electron chi connectivity index (χ2n) is 3.23. The van der Waals surface area contributed by atoms with Crippen LogP contribution in [0.1, 0.15) is 26.2 Å². The lowest BCUT2D eigenvalue weighted by Crippen LogP contribution is -1.90. The molecule has 1 aromatic carbocycles. The molecule has 0 unspecified atom stereocenters. The Hall–Kier alpha value is -1.16. The van der Waals surface area contributed by atoms with Crippen molar-refractivity contribution in [1.82, 2.24) is 0 Å². The van der Waals surface area contributed by atoms with Gasteiger partial charge in [-0.25, -0.2) is 0 Å². The van der Waals surface area contributed by atoms with Gasteiger partial charge in [-0.1, -0.05) is 13.3 Å². The first-order valence-corrected chi connectivity index (χ1v) is 5.67. The quantitative estimate of drug-likeness (QED) is 0.775. The van der Waals surface area contributed by atoms with E-state index in [0.717, 1.165) is 24.6 Å². The number of phenolic OH excluding ortho intramolecular Hbond substituents is 2. The lowest BCUT2D eigenvalue weighted by molar-refractivity contribution is -0.111. The summed E-state index contributed by atoms with van der Waals surface area (Å²) in [6.45, 7) is 2.02. The van der Waals surface area contributed by atoms with Crippen molar-refractivity contribution in [2.75, 3.05) is 0 Å². The molecule has 0 saturated carbocycles. The highest BCUT2D eigenvalue weighted by Gasteiger charge is 2.08. The van der Waals surface area contributed by atoms with Crippen LogP contribution in [-0.2, 0) is 4.79 Å². The van der Waals surface area contributed by atoms with Crippen LogP contribution in [0, 0.1) is 0 Å². The van der Waals surface area contributed by atoms with E-state index in [-0.39, 0.29) is 16.6 Å². The number of benzene rings is 1. The fourth-order valence-electron chi connectivity index (χ4n) is 1.09. The number of aromatic hydroxyl groups is 2. The van der Waals surface area contributed by atoms with E-state index >= 15 is 0 Å². The fourth-order valence-corrected chi connectivity index (χ4v) is 1.88. The van der Waals surface area contributed by atoms with E-state index in [1.807, 2.05) is 6.92 Å². The van der Waals surface area contributed by atoms with Crippen LogP contribution in [0.15, 0.2) is 23.1 Å². The maximum atomic E-state index is 11.4. The third-order valence-electron chi connectivity index (χ3n) is 1.90. The highest BCUT2D eigenvalue weighted by Crippen LogP contribution is 2.32. The maximum Gasteiger partial charge on any atom is 0.193 e. The number of unbranched alkanes of at least 4 members (excludes halogenated alkanes) is 1. The van der Waals surface area contributed by atoms with E-state index in [1.165, 1.54) is 12.1 Å². The average molecular weight is 226 g/mol. The lowest BCUT2D eigenvalue weighted by Gasteiger charge is -2.03. The molecule has 0 fully saturated rings. The summed E-state index contributed by atoms with van der Waals surface area (Å²) in [4.78, 5) is 11.9. The summed E-state index contributed by atoms with van der Waals surface area (Å²) in [6.07, 6.45) is 2.36. The number of carbonyl (C=O) groups is 1. The molecule has 2 N–H and O–H groups in total. The zero-order chi connectivity index (χ0) is 11.3. The van der Waals surface area contributed by atoms with Crippen LogP contribution in [0.3, 0.4) is 0 Å². The van der Waals surface area contributed by atoms with Crippen molar-refractivity contribution in [3.05, 3.63) is 18.2 Å². The van der Waals surface area contributed by atoms with Crippen LogP contribution in [0.25, 0.3) is 0 Å². The van der Waals surface area contributed by atoms with E-state index in [2.05, 4.69) is 0 Å². The molecule has 15 heavy (non-hydrogen) atoms. The third kappa shape index (κ3) is 3.83. The van der Waals surface area contributed by atoms with E-state index in [0.29, 0.717) is 11.3 Å². The summed E-state index contributed by atoms with van der Waals surface area (Å²) < 4.78 is 0. The first kappa shape index (κ1) is 11.9. The third-order valence-corrected chi connectivity index (χ3v) is 2.90. The van der Waals surface area contributed by atoms with Crippen LogP contribution < -0.4 is 0 Å². The zero-order valence-electron chi connectivity index (χ0n) is 8.56. The van der Waals surface area contributed by atoms with Gasteiger partial charge in [0, 0.05) is 12.5 Å². The Morgan fingerprint density at radius 1 is 1.40 bits per heavy atom. The molecule has 0 bridgehead atoms. The van der Waals surface area contributed by atoms with Crippen LogP contribution in [0.5, 0.6) is 11.5 Å². The van der Waals surface area contributed by atoms with Gasteiger partial charge >= 0.3 is 0 Å². The Morgan fingerprint density at radius 3 is 2.73 bits per heavy atom. The van der Waals surface area contributed by atoms with Crippen molar-refractivity contribution in [3.8, 4) is 11.5 Å². The van der Waals surface area contributed by atoms with Gasteiger partial charge in [-0.3, -0.25) is 4.79 Å². The van der Waals surface area contributed by atoms with Crippen molar-refractivity contribution in [2.24, 2.45) is 0 Å². The summed E-state index contributed by atoms with van der Waals surface area (Å²) in [5, 5.41) is 18.5. The van der Waals surface area contributed by atoms with Gasteiger partial charge in [-0.05, 0) is 30.3 Å². The molecule has 0 spiro atoms. The molecule has 4 heteroatoms. The van der Waals surface area contributed by atoms with Gasteiger partial charge < -0.3 is 10.2 Å². The molecule has 1 rings (SSSR count). The normalized spacial score (nSPS) is 10.2. The predicted molar refractivity (Wildman–Crippen MR) is 60.2 cm³/mol. The van der Waals surface area contributed by atoms with Crippen LogP contribution in [0.4, 0.5) is 0 Å². The summed E-state index contributed by atoms with van der Waals surface area (Å²) >= 11 is 1.02. The van der Waals surface area contributed by atoms with Crippen molar-refractivity contribution < 1.29 is 15.0 Å². The Bertz CT molecular complexity index is 350. The number of hydrogen-bond donors (Lipinski definition) is 2. The smallest absolute Gasteiger partial charge is 0.193 e. The van der Waals surface area contributed by atoms with Gasteiger partial charge in [0.05, 0.1) is 4.90 Å². The minimum absolute atomic E-state index is 0.00198. The largest absolute Gasteiger partial charge is 0.508 e. The van der Waals surface area contributed by atoms with E-state index in [1.54, 1.807) is 6.07 Å². The number of thioether (sulfide) groups is 1. The summed E-state index contributed by atoms with van der Waals surface area (Å²) in [6, 6.07) is 4.23. The van der Waals surface area contributed by atoms with Gasteiger partial charge in [0.25, 0.3) is 0 Å². The Kier molecular flexibility index (Phi) is 4.49. The molecule has 3 nitrogen and oxygen atoms in total. The SMILES string of the molecule is CCCCC(=O)Sc1ccc(O)cc1O. The van der Waals surface area contributed by atoms with Crippen LogP contribution >= 0.6 is 11.8 Å². The van der Waals surface area contributed by atoms with Gasteiger partial charge in [0.1, 0.15) is 11.5 Å². The number of hydrogen-bond acceptors (Lipinski definition) is 4. The highest BCUT2D eigenvalue weighted by molar-refractivity contribution is 8.13. The molecule has 0 aliphatic rings. The zero-order valence-corrected chi connectivity index (χ0v) is 9.38. The Morgan fingerprint density at radius 2 is 2.13 bits per heavy atom. The minimum Gasteiger partial charge on any atom is -0.508 e. The Labute approximate surface area is 93.1 Å². The van der Waals surface area contributed by atoms with Gasteiger partial charge in [0.2, 0.25) is 0 Å². The topological polar surface area (TPSA) is 57.5 Å². The molecule has 0 aliphatic heterocycles. The lowest BCUT2D eigenvalue weighted by atomic mass is 10.3. The molecular formula is C11H14O3S. The summed E-state index contributed by atoms with van der Waals surface area (Å²) in [5.74, 6) is -0.0531. The Balaban J connectivity index is 2.60. The van der Waals surface area contributed by atoms with E-state index in [4.69, 9.17) is 5.11 Å². The van der Waals surface area contributed by atoms with Crippen molar-refractivity contribution in [3.63, 3.8) is 0 Å². The number of rotatable bonds is 4. The van der Waals surface area contributed by atoms with Gasteiger partial charge in [-0.15, -0.1) is 0 Å². The predicted octanol–water partition coefficient (Wildman–Crippen LogP) is 2.91. The molecule has 0 aliphatic carbocycles. The molecule has 0 amide bonds.